The zero-order chi connectivity index (χ0) is 24.0. The van der Waals surface area contributed by atoms with E-state index < -0.39 is 9.84 Å². The molecule has 0 spiro atoms. The summed E-state index contributed by atoms with van der Waals surface area (Å²) in [6.07, 6.45) is 7.22. The third kappa shape index (κ3) is 6.15. The number of piperidine rings is 1. The normalized spacial score (nSPS) is 20.3. The van der Waals surface area contributed by atoms with Crippen molar-refractivity contribution in [2.75, 3.05) is 38.5 Å². The van der Waals surface area contributed by atoms with Crippen molar-refractivity contribution in [2.45, 2.75) is 43.0 Å². The quantitative estimate of drug-likeness (QED) is 0.496. The first kappa shape index (κ1) is 24.7. The highest BCUT2D eigenvalue weighted by Gasteiger charge is 2.22. The molecular weight excluding hydrogens is 442 g/mol. The van der Waals surface area contributed by atoms with E-state index in [0.717, 1.165) is 56.6 Å². The summed E-state index contributed by atoms with van der Waals surface area (Å²) in [5.74, 6) is 0.228. The molecule has 4 rings (SSSR count). The fraction of sp³-hybridized carbons (Fsp3) is 0.464. The van der Waals surface area contributed by atoms with Crippen molar-refractivity contribution in [3.05, 3.63) is 66.7 Å². The fourth-order valence-electron chi connectivity index (χ4n) is 5.04. The Morgan fingerprint density at radius 3 is 2.21 bits per heavy atom. The number of rotatable bonds is 9. The van der Waals surface area contributed by atoms with Crippen molar-refractivity contribution < 1.29 is 8.42 Å². The Kier molecular flexibility index (Phi) is 8.20. The lowest BCUT2D eigenvalue weighted by Gasteiger charge is -2.28. The number of nitriles is 1. The topological polar surface area (TPSA) is 64.4 Å². The summed E-state index contributed by atoms with van der Waals surface area (Å²) in [6.45, 7) is 8.30. The van der Waals surface area contributed by atoms with Crippen LogP contribution in [0, 0.1) is 17.2 Å². The molecule has 0 unspecified atom stereocenters. The van der Waals surface area contributed by atoms with E-state index in [1.54, 1.807) is 12.1 Å². The van der Waals surface area contributed by atoms with Crippen molar-refractivity contribution in [3.8, 4) is 17.2 Å². The number of hydrogen-bond donors (Lipinski definition) is 0. The molecule has 2 aliphatic rings. The maximum atomic E-state index is 12.8. The van der Waals surface area contributed by atoms with Gasteiger partial charge in [0.05, 0.1) is 16.7 Å². The third-order valence-electron chi connectivity index (χ3n) is 7.32. The predicted molar refractivity (Wildman–Crippen MR) is 137 cm³/mol. The first-order valence-corrected chi connectivity index (χ1v) is 14.0. The minimum atomic E-state index is -3.33. The molecular formula is C28H35N3O2S. The number of benzene rings is 2. The van der Waals surface area contributed by atoms with Crippen LogP contribution >= 0.6 is 0 Å². The molecule has 0 amide bonds. The maximum Gasteiger partial charge on any atom is 0.179 e. The van der Waals surface area contributed by atoms with Gasteiger partial charge in [0, 0.05) is 25.0 Å². The van der Waals surface area contributed by atoms with Crippen LogP contribution in [0.2, 0.25) is 0 Å². The second-order valence-electron chi connectivity index (χ2n) is 9.52. The first-order chi connectivity index (χ1) is 16.5. The molecule has 0 N–H and O–H groups in total. The summed E-state index contributed by atoms with van der Waals surface area (Å²) < 4.78 is 25.6. The molecule has 5 nitrogen and oxygen atoms in total. The Hall–Kier alpha value is -2.46. The van der Waals surface area contributed by atoms with Gasteiger partial charge >= 0.3 is 0 Å². The van der Waals surface area contributed by atoms with Crippen molar-refractivity contribution in [2.24, 2.45) is 5.92 Å². The Morgan fingerprint density at radius 2 is 1.59 bits per heavy atom. The molecule has 2 aliphatic heterocycles. The Morgan fingerprint density at radius 1 is 0.941 bits per heavy atom. The van der Waals surface area contributed by atoms with Gasteiger partial charge in [-0.3, -0.25) is 4.90 Å². The molecule has 2 saturated heterocycles. The molecule has 1 atom stereocenters. The smallest absolute Gasteiger partial charge is 0.179 e. The maximum absolute atomic E-state index is 12.8. The second kappa shape index (κ2) is 11.3. The van der Waals surface area contributed by atoms with Crippen molar-refractivity contribution in [1.82, 2.24) is 9.80 Å². The fourth-order valence-corrected chi connectivity index (χ4v) is 6.33. The Labute approximate surface area is 204 Å². The van der Waals surface area contributed by atoms with Crippen molar-refractivity contribution in [3.63, 3.8) is 0 Å². The van der Waals surface area contributed by atoms with Gasteiger partial charge in [-0.1, -0.05) is 42.5 Å². The van der Waals surface area contributed by atoms with Gasteiger partial charge in [0.25, 0.3) is 0 Å². The summed E-state index contributed by atoms with van der Waals surface area (Å²) in [6, 6.07) is 18.7. The van der Waals surface area contributed by atoms with Crippen LogP contribution < -0.4 is 0 Å². The number of hydrogen-bond acceptors (Lipinski definition) is 5. The summed E-state index contributed by atoms with van der Waals surface area (Å²) in [5, 5.41) is 9.02. The van der Waals surface area contributed by atoms with Gasteiger partial charge in [-0.05, 0) is 80.6 Å². The van der Waals surface area contributed by atoms with Crippen LogP contribution in [0.15, 0.2) is 66.1 Å². The van der Waals surface area contributed by atoms with E-state index in [9.17, 15) is 8.42 Å². The molecule has 0 aromatic heterocycles. The van der Waals surface area contributed by atoms with Gasteiger partial charge in [0.15, 0.2) is 9.84 Å². The van der Waals surface area contributed by atoms with Crippen LogP contribution in [0.4, 0.5) is 0 Å². The Balaban J connectivity index is 1.31. The highest BCUT2D eigenvalue weighted by atomic mass is 32.2. The van der Waals surface area contributed by atoms with Gasteiger partial charge in [-0.25, -0.2) is 8.42 Å². The van der Waals surface area contributed by atoms with E-state index in [2.05, 4.69) is 52.8 Å². The predicted octanol–water partition coefficient (Wildman–Crippen LogP) is 4.56. The van der Waals surface area contributed by atoms with Crippen LogP contribution in [-0.2, 0) is 16.3 Å². The molecule has 2 fully saturated rings. The van der Waals surface area contributed by atoms with Gasteiger partial charge < -0.3 is 4.90 Å². The van der Waals surface area contributed by atoms with Crippen LogP contribution in [-0.4, -0.2) is 62.7 Å². The van der Waals surface area contributed by atoms with E-state index in [1.807, 2.05) is 12.1 Å². The molecule has 2 aromatic carbocycles. The molecule has 6 heteroatoms. The monoisotopic (exact) mass is 477 g/mol. The highest BCUT2D eigenvalue weighted by Crippen LogP contribution is 2.24. The highest BCUT2D eigenvalue weighted by molar-refractivity contribution is 7.91. The van der Waals surface area contributed by atoms with Crippen molar-refractivity contribution in [1.29, 1.82) is 5.26 Å². The molecule has 0 saturated carbocycles. The second-order valence-corrected chi connectivity index (χ2v) is 11.6. The molecule has 2 heterocycles. The Bertz CT molecular complexity index is 1100. The summed E-state index contributed by atoms with van der Waals surface area (Å²) in [7, 11) is -3.33. The average molecular weight is 478 g/mol. The molecule has 0 bridgehead atoms. The average Bonchev–Trinajstić information content (AvgIpc) is 3.35. The van der Waals surface area contributed by atoms with Gasteiger partial charge in [-0.2, -0.15) is 5.26 Å². The van der Waals surface area contributed by atoms with E-state index >= 15 is 0 Å². The minimum absolute atomic E-state index is 0.113. The minimum Gasteiger partial charge on any atom is -0.302 e. The number of likely N-dealkylation sites (tertiary alicyclic amines) is 2. The van der Waals surface area contributed by atoms with Gasteiger partial charge in [-0.15, -0.1) is 6.58 Å². The van der Waals surface area contributed by atoms with Gasteiger partial charge in [0.1, 0.15) is 0 Å². The van der Waals surface area contributed by atoms with Crippen LogP contribution in [0.25, 0.3) is 11.1 Å². The lowest BCUT2D eigenvalue weighted by Crippen LogP contribution is -2.36. The SMILES string of the molecule is C=C[C@@H]1CCCN1CCc1ccc(-c2ccc(S(=O)(=O)CCN3CCC(C#N)CC3)cc2)cc1. The molecule has 0 radical (unpaired) electrons. The molecule has 34 heavy (non-hydrogen) atoms. The van der Waals surface area contributed by atoms with Crippen LogP contribution in [0.3, 0.4) is 0 Å². The lowest BCUT2D eigenvalue weighted by atomic mass is 9.99. The van der Waals surface area contributed by atoms with Crippen LogP contribution in [0.1, 0.15) is 31.2 Å². The largest absolute Gasteiger partial charge is 0.302 e. The van der Waals surface area contributed by atoms with E-state index in [4.69, 9.17) is 5.26 Å². The standard InChI is InChI=1S/C28H35N3O2S/c1-2-27-4-3-16-31(27)19-15-23-5-7-25(8-6-23)26-9-11-28(12-10-26)34(32,33)21-20-30-17-13-24(22-29)14-18-30/h2,5-12,24,27H,1,3-4,13-21H2/t27-/m1/s1. The zero-order valence-electron chi connectivity index (χ0n) is 19.9. The zero-order valence-corrected chi connectivity index (χ0v) is 20.7. The summed E-state index contributed by atoms with van der Waals surface area (Å²) >= 11 is 0. The van der Waals surface area contributed by atoms with E-state index in [1.165, 1.54) is 18.4 Å². The molecule has 180 valence electrons. The summed E-state index contributed by atoms with van der Waals surface area (Å²) in [5.41, 5.74) is 3.44. The molecule has 2 aromatic rings. The number of nitrogens with zero attached hydrogens (tertiary/aromatic N) is 3. The lowest BCUT2D eigenvalue weighted by molar-refractivity contribution is 0.216. The van der Waals surface area contributed by atoms with E-state index in [-0.39, 0.29) is 11.7 Å². The van der Waals surface area contributed by atoms with E-state index in [0.29, 0.717) is 17.5 Å². The number of sulfone groups is 1. The van der Waals surface area contributed by atoms with Gasteiger partial charge in [0.2, 0.25) is 0 Å². The third-order valence-corrected chi connectivity index (χ3v) is 9.03. The van der Waals surface area contributed by atoms with Crippen LogP contribution in [0.5, 0.6) is 0 Å². The van der Waals surface area contributed by atoms with Crippen molar-refractivity contribution >= 4 is 9.84 Å². The summed E-state index contributed by atoms with van der Waals surface area (Å²) in [4.78, 5) is 5.04. The first-order valence-electron chi connectivity index (χ1n) is 12.4. The molecule has 0 aliphatic carbocycles.